The summed E-state index contributed by atoms with van der Waals surface area (Å²) in [6, 6.07) is 0. The Hall–Kier alpha value is -0.610. The number of hydrogen-bond donors (Lipinski definition) is 2. The van der Waals surface area contributed by atoms with Gasteiger partial charge in [0.25, 0.3) is 0 Å². The Balaban J connectivity index is 1.71. The fourth-order valence-electron chi connectivity index (χ4n) is 2.53. The van der Waals surface area contributed by atoms with Crippen LogP contribution < -0.4 is 11.1 Å². The van der Waals surface area contributed by atoms with Crippen molar-refractivity contribution in [2.75, 3.05) is 18.8 Å². The average Bonchev–Trinajstić information content (AvgIpc) is 2.68. The van der Waals surface area contributed by atoms with E-state index in [1.165, 1.54) is 49.2 Å². The fourth-order valence-corrected chi connectivity index (χ4v) is 3.52. The van der Waals surface area contributed by atoms with E-state index in [0.717, 1.165) is 24.0 Å². The number of nitrogens with two attached hydrogens (primary N) is 1. The summed E-state index contributed by atoms with van der Waals surface area (Å²) in [4.78, 5) is 5.84. The van der Waals surface area contributed by atoms with E-state index >= 15 is 0 Å². The number of thiazole rings is 1. The predicted molar refractivity (Wildman–Crippen MR) is 74.4 cm³/mol. The minimum absolute atomic E-state index is 0.750. The van der Waals surface area contributed by atoms with Gasteiger partial charge in [0, 0.05) is 4.88 Å². The van der Waals surface area contributed by atoms with E-state index < -0.39 is 0 Å². The topological polar surface area (TPSA) is 50.9 Å². The lowest BCUT2D eigenvalue weighted by molar-refractivity contribution is 0.410. The van der Waals surface area contributed by atoms with Crippen LogP contribution in [0.3, 0.4) is 0 Å². The van der Waals surface area contributed by atoms with Crippen LogP contribution in [0.15, 0.2) is 0 Å². The number of anilines is 1. The van der Waals surface area contributed by atoms with Gasteiger partial charge in [-0.15, -0.1) is 11.3 Å². The van der Waals surface area contributed by atoms with Crippen LogP contribution in [0.2, 0.25) is 0 Å². The minimum atomic E-state index is 0.750. The quantitative estimate of drug-likeness (QED) is 0.766. The van der Waals surface area contributed by atoms with Gasteiger partial charge in [-0.25, -0.2) is 4.98 Å². The van der Waals surface area contributed by atoms with Crippen molar-refractivity contribution >= 4 is 16.5 Å². The molecule has 1 aliphatic rings. The van der Waals surface area contributed by atoms with Crippen molar-refractivity contribution in [3.8, 4) is 0 Å². The number of rotatable bonds is 6. The van der Waals surface area contributed by atoms with Gasteiger partial charge in [0.2, 0.25) is 0 Å². The van der Waals surface area contributed by atoms with E-state index in [1.807, 2.05) is 0 Å². The number of nitrogens with zero attached hydrogens (tertiary/aromatic N) is 1. The Morgan fingerprint density at radius 3 is 3.18 bits per heavy atom. The smallest absolute Gasteiger partial charge is 0.180 e. The first-order valence-electron chi connectivity index (χ1n) is 6.74. The molecule has 0 amide bonds. The average molecular weight is 253 g/mol. The molecule has 3 nitrogen and oxygen atoms in total. The lowest BCUT2D eigenvalue weighted by Gasteiger charge is -2.20. The highest BCUT2D eigenvalue weighted by molar-refractivity contribution is 7.15. The van der Waals surface area contributed by atoms with Crippen LogP contribution in [-0.4, -0.2) is 18.1 Å². The largest absolute Gasteiger partial charge is 0.375 e. The summed E-state index contributed by atoms with van der Waals surface area (Å²) in [5.74, 6) is 0.853. The maximum Gasteiger partial charge on any atom is 0.180 e. The number of hydrogen-bond acceptors (Lipinski definition) is 4. The van der Waals surface area contributed by atoms with Crippen molar-refractivity contribution in [2.24, 2.45) is 5.92 Å². The molecule has 3 N–H and O–H groups in total. The Morgan fingerprint density at radius 1 is 1.47 bits per heavy atom. The van der Waals surface area contributed by atoms with Crippen molar-refractivity contribution in [3.63, 3.8) is 0 Å². The zero-order valence-electron chi connectivity index (χ0n) is 10.7. The van der Waals surface area contributed by atoms with Gasteiger partial charge in [-0.2, -0.15) is 0 Å². The zero-order valence-corrected chi connectivity index (χ0v) is 11.5. The zero-order chi connectivity index (χ0) is 12.1. The summed E-state index contributed by atoms with van der Waals surface area (Å²) >= 11 is 1.69. The van der Waals surface area contributed by atoms with Crippen molar-refractivity contribution in [1.82, 2.24) is 10.3 Å². The molecule has 1 aromatic heterocycles. The van der Waals surface area contributed by atoms with Gasteiger partial charge in [0.15, 0.2) is 5.13 Å². The van der Waals surface area contributed by atoms with Gasteiger partial charge in [-0.05, 0) is 57.5 Å². The predicted octanol–water partition coefficient (Wildman–Crippen LogP) is 2.61. The summed E-state index contributed by atoms with van der Waals surface area (Å²) in [6.45, 7) is 4.53. The third-order valence-corrected chi connectivity index (χ3v) is 4.40. The first-order chi connectivity index (χ1) is 8.29. The monoisotopic (exact) mass is 253 g/mol. The number of fused-ring (bicyclic) bond motifs is 1. The molecule has 1 heterocycles. The molecular weight excluding hydrogens is 230 g/mol. The van der Waals surface area contributed by atoms with Crippen LogP contribution >= 0.6 is 11.3 Å². The molecule has 4 heteroatoms. The van der Waals surface area contributed by atoms with E-state index in [2.05, 4.69) is 17.2 Å². The Bertz CT molecular complexity index is 348. The molecule has 0 radical (unpaired) electrons. The minimum Gasteiger partial charge on any atom is -0.375 e. The fraction of sp³-hybridized carbons (Fsp3) is 0.769. The maximum absolute atomic E-state index is 5.76. The van der Waals surface area contributed by atoms with Gasteiger partial charge in [0.1, 0.15) is 0 Å². The van der Waals surface area contributed by atoms with Crippen LogP contribution in [0.4, 0.5) is 5.13 Å². The molecule has 0 aromatic carbocycles. The molecular formula is C13H23N3S. The first kappa shape index (κ1) is 12.8. The van der Waals surface area contributed by atoms with Gasteiger partial charge in [-0.3, -0.25) is 0 Å². The van der Waals surface area contributed by atoms with Crippen LogP contribution in [0.1, 0.15) is 43.2 Å². The van der Waals surface area contributed by atoms with Crippen LogP contribution in [-0.2, 0) is 12.8 Å². The van der Waals surface area contributed by atoms with Crippen LogP contribution in [0.25, 0.3) is 0 Å². The van der Waals surface area contributed by atoms with Gasteiger partial charge in [-0.1, -0.05) is 6.92 Å². The second-order valence-corrected chi connectivity index (χ2v) is 6.04. The SMILES string of the molecule is CCCNCCCC1CCc2nc(N)sc2C1. The van der Waals surface area contributed by atoms with Crippen molar-refractivity contribution in [3.05, 3.63) is 10.6 Å². The van der Waals surface area contributed by atoms with E-state index in [9.17, 15) is 0 Å². The first-order valence-corrected chi connectivity index (χ1v) is 7.56. The molecule has 1 aromatic rings. The van der Waals surface area contributed by atoms with Gasteiger partial charge >= 0.3 is 0 Å². The van der Waals surface area contributed by atoms with Crippen molar-refractivity contribution < 1.29 is 0 Å². The molecule has 0 fully saturated rings. The normalized spacial score (nSPS) is 19.2. The summed E-state index contributed by atoms with van der Waals surface area (Å²) in [6.07, 6.45) is 7.51. The Morgan fingerprint density at radius 2 is 2.35 bits per heavy atom. The van der Waals surface area contributed by atoms with Crippen LogP contribution in [0.5, 0.6) is 0 Å². The van der Waals surface area contributed by atoms with Crippen LogP contribution in [0, 0.1) is 5.92 Å². The summed E-state index contributed by atoms with van der Waals surface area (Å²) in [5, 5.41) is 4.22. The second kappa shape index (κ2) is 6.36. The molecule has 0 spiro atoms. The van der Waals surface area contributed by atoms with E-state index in [0.29, 0.717) is 0 Å². The standard InChI is InChI=1S/C13H23N3S/c1-2-7-15-8-3-4-10-5-6-11-12(9-10)17-13(14)16-11/h10,15H,2-9H2,1H3,(H2,14,16). The molecule has 0 saturated heterocycles. The molecule has 0 bridgehead atoms. The second-order valence-electron chi connectivity index (χ2n) is 4.92. The molecule has 1 atom stereocenters. The highest BCUT2D eigenvalue weighted by Gasteiger charge is 2.21. The molecule has 0 aliphatic heterocycles. The Labute approximate surface area is 108 Å². The third-order valence-electron chi connectivity index (χ3n) is 3.45. The summed E-state index contributed by atoms with van der Waals surface area (Å²) in [5.41, 5.74) is 7.03. The lowest BCUT2D eigenvalue weighted by atomic mass is 9.88. The highest BCUT2D eigenvalue weighted by atomic mass is 32.1. The third kappa shape index (κ3) is 3.68. The number of aryl methyl sites for hydroxylation is 1. The molecule has 0 saturated carbocycles. The molecule has 1 unspecified atom stereocenters. The highest BCUT2D eigenvalue weighted by Crippen LogP contribution is 2.32. The van der Waals surface area contributed by atoms with Gasteiger partial charge < -0.3 is 11.1 Å². The van der Waals surface area contributed by atoms with E-state index in [4.69, 9.17) is 5.73 Å². The molecule has 17 heavy (non-hydrogen) atoms. The summed E-state index contributed by atoms with van der Waals surface area (Å²) < 4.78 is 0. The number of aromatic nitrogens is 1. The molecule has 1 aliphatic carbocycles. The Kier molecular flexibility index (Phi) is 4.80. The van der Waals surface area contributed by atoms with E-state index in [1.54, 1.807) is 11.3 Å². The summed E-state index contributed by atoms with van der Waals surface area (Å²) in [7, 11) is 0. The van der Waals surface area contributed by atoms with Crippen molar-refractivity contribution in [1.29, 1.82) is 0 Å². The van der Waals surface area contributed by atoms with Crippen molar-refractivity contribution in [2.45, 2.75) is 45.4 Å². The van der Waals surface area contributed by atoms with E-state index in [-0.39, 0.29) is 0 Å². The maximum atomic E-state index is 5.76. The number of nitrogens with one attached hydrogen (secondary N) is 1. The number of nitrogen functional groups attached to an aromatic ring is 1. The molecule has 96 valence electrons. The lowest BCUT2D eigenvalue weighted by Crippen LogP contribution is -2.18. The van der Waals surface area contributed by atoms with Gasteiger partial charge in [0.05, 0.1) is 5.69 Å². The molecule has 2 rings (SSSR count).